The van der Waals surface area contributed by atoms with Crippen LogP contribution in [-0.4, -0.2) is 22.9 Å². The number of carbonyl (C=O) groups excluding carboxylic acids is 1. The van der Waals surface area contributed by atoms with Crippen LogP contribution in [0.25, 0.3) is 0 Å². The minimum absolute atomic E-state index is 0.130. The van der Waals surface area contributed by atoms with Crippen molar-refractivity contribution in [2.24, 2.45) is 5.92 Å². The lowest BCUT2D eigenvalue weighted by Crippen LogP contribution is -2.24. The number of amides is 1. The molecule has 0 aromatic heterocycles. The highest BCUT2D eigenvalue weighted by molar-refractivity contribution is 9.09. The number of phenolic OH excluding ortho intramolecular Hbond substituents is 1. The topological polar surface area (TPSA) is 40.5 Å². The normalized spacial score (nSPS) is 21.0. The van der Waals surface area contributed by atoms with Crippen molar-refractivity contribution in [1.29, 1.82) is 0 Å². The van der Waals surface area contributed by atoms with E-state index in [0.29, 0.717) is 12.3 Å². The van der Waals surface area contributed by atoms with Crippen LogP contribution in [0.4, 0.5) is 5.69 Å². The van der Waals surface area contributed by atoms with Gasteiger partial charge < -0.3 is 10.0 Å². The maximum Gasteiger partial charge on any atom is 0.227 e. The summed E-state index contributed by atoms with van der Waals surface area (Å²) in [5.74, 6) is 0.701. The second-order valence-electron chi connectivity index (χ2n) is 3.75. The quantitative estimate of drug-likeness (QED) is 0.836. The summed E-state index contributed by atoms with van der Waals surface area (Å²) in [5, 5.41) is 10.2. The number of nitrogens with zero attached hydrogens (tertiary/aromatic N) is 1. The van der Waals surface area contributed by atoms with Gasteiger partial charge in [-0.15, -0.1) is 0 Å². The Morgan fingerprint density at radius 3 is 2.93 bits per heavy atom. The molecular formula is C11H12BrNO2. The number of anilines is 1. The molecule has 2 rings (SSSR count). The number of hydrogen-bond acceptors (Lipinski definition) is 2. The van der Waals surface area contributed by atoms with E-state index in [1.54, 1.807) is 23.1 Å². The molecule has 1 aromatic carbocycles. The Morgan fingerprint density at radius 1 is 1.53 bits per heavy atom. The molecule has 1 aromatic rings. The molecule has 1 aliphatic rings. The second-order valence-corrected chi connectivity index (χ2v) is 4.40. The van der Waals surface area contributed by atoms with Gasteiger partial charge in [-0.3, -0.25) is 4.79 Å². The first-order chi connectivity index (χ1) is 7.20. The van der Waals surface area contributed by atoms with E-state index < -0.39 is 0 Å². The summed E-state index contributed by atoms with van der Waals surface area (Å²) in [6, 6.07) is 6.81. The maximum absolute atomic E-state index is 11.7. The van der Waals surface area contributed by atoms with Crippen molar-refractivity contribution in [3.63, 3.8) is 0 Å². The number of phenols is 1. The van der Waals surface area contributed by atoms with Crippen molar-refractivity contribution in [3.05, 3.63) is 24.3 Å². The molecule has 1 fully saturated rings. The summed E-state index contributed by atoms with van der Waals surface area (Å²) in [6.07, 6.45) is 0.584. The van der Waals surface area contributed by atoms with Gasteiger partial charge in [-0.1, -0.05) is 22.0 Å². The molecule has 1 amide bonds. The molecule has 15 heavy (non-hydrogen) atoms. The molecule has 80 valence electrons. The first-order valence-electron chi connectivity index (χ1n) is 4.86. The Hall–Kier alpha value is -1.03. The number of rotatable bonds is 2. The maximum atomic E-state index is 11.7. The fourth-order valence-electron chi connectivity index (χ4n) is 1.80. The fraction of sp³-hybridized carbons (Fsp3) is 0.364. The number of alkyl halides is 1. The van der Waals surface area contributed by atoms with Gasteiger partial charge in [-0.05, 0) is 18.1 Å². The van der Waals surface area contributed by atoms with Gasteiger partial charge in [-0.2, -0.15) is 0 Å². The third kappa shape index (κ3) is 2.15. The van der Waals surface area contributed by atoms with Gasteiger partial charge in [0, 0.05) is 30.0 Å². The Bertz CT molecular complexity index is 381. The molecule has 0 radical (unpaired) electrons. The van der Waals surface area contributed by atoms with Gasteiger partial charge in [0.1, 0.15) is 5.75 Å². The monoisotopic (exact) mass is 269 g/mol. The summed E-state index contributed by atoms with van der Waals surface area (Å²) >= 11 is 3.39. The van der Waals surface area contributed by atoms with E-state index in [1.807, 2.05) is 6.07 Å². The van der Waals surface area contributed by atoms with Gasteiger partial charge in [-0.25, -0.2) is 0 Å². The number of halogens is 1. The van der Waals surface area contributed by atoms with Crippen LogP contribution >= 0.6 is 15.9 Å². The van der Waals surface area contributed by atoms with Crippen LogP contribution in [0, 0.1) is 5.92 Å². The molecular weight excluding hydrogens is 258 g/mol. The predicted molar refractivity (Wildman–Crippen MR) is 62.4 cm³/mol. The van der Waals surface area contributed by atoms with Crippen molar-refractivity contribution in [2.75, 3.05) is 16.8 Å². The molecule has 1 aliphatic heterocycles. The van der Waals surface area contributed by atoms with E-state index in [0.717, 1.165) is 17.6 Å². The molecule has 1 N–H and O–H groups in total. The average Bonchev–Trinajstić information content (AvgIpc) is 2.60. The average molecular weight is 270 g/mol. The zero-order chi connectivity index (χ0) is 10.8. The van der Waals surface area contributed by atoms with E-state index in [-0.39, 0.29) is 11.7 Å². The largest absolute Gasteiger partial charge is 0.508 e. The lowest BCUT2D eigenvalue weighted by Gasteiger charge is -2.16. The smallest absolute Gasteiger partial charge is 0.227 e. The molecule has 0 saturated carbocycles. The first kappa shape index (κ1) is 10.5. The van der Waals surface area contributed by atoms with Crippen LogP contribution in [0.3, 0.4) is 0 Å². The third-order valence-electron chi connectivity index (χ3n) is 2.56. The fourth-order valence-corrected chi connectivity index (χ4v) is 2.23. The van der Waals surface area contributed by atoms with Crippen molar-refractivity contribution in [2.45, 2.75) is 6.42 Å². The van der Waals surface area contributed by atoms with Crippen LogP contribution in [0.1, 0.15) is 6.42 Å². The SMILES string of the molecule is O=C1CC(CBr)CN1c1cccc(O)c1. The molecule has 1 saturated heterocycles. The molecule has 1 unspecified atom stereocenters. The molecule has 0 bridgehead atoms. The minimum Gasteiger partial charge on any atom is -0.508 e. The number of hydrogen-bond donors (Lipinski definition) is 1. The lowest BCUT2D eigenvalue weighted by atomic mass is 10.2. The van der Waals surface area contributed by atoms with Gasteiger partial charge in [0.2, 0.25) is 5.91 Å². The highest BCUT2D eigenvalue weighted by Gasteiger charge is 2.29. The summed E-state index contributed by atoms with van der Waals surface area (Å²) in [4.78, 5) is 13.4. The standard InChI is InChI=1S/C11H12BrNO2/c12-6-8-4-11(15)13(7-8)9-2-1-3-10(14)5-9/h1-3,5,8,14H,4,6-7H2. The van der Waals surface area contributed by atoms with E-state index in [2.05, 4.69) is 15.9 Å². The Balaban J connectivity index is 2.21. The lowest BCUT2D eigenvalue weighted by molar-refractivity contribution is -0.117. The molecule has 3 nitrogen and oxygen atoms in total. The van der Waals surface area contributed by atoms with Crippen LogP contribution in [0.15, 0.2) is 24.3 Å². The van der Waals surface area contributed by atoms with Crippen LogP contribution < -0.4 is 4.90 Å². The van der Waals surface area contributed by atoms with Gasteiger partial charge in [0.25, 0.3) is 0 Å². The van der Waals surface area contributed by atoms with Crippen molar-refractivity contribution in [3.8, 4) is 5.75 Å². The van der Waals surface area contributed by atoms with Crippen LogP contribution in [0.2, 0.25) is 0 Å². The minimum atomic E-state index is 0.130. The van der Waals surface area contributed by atoms with Crippen LogP contribution in [-0.2, 0) is 4.79 Å². The van der Waals surface area contributed by atoms with Crippen LogP contribution in [0.5, 0.6) is 5.75 Å². The predicted octanol–water partition coefficient (Wildman–Crippen LogP) is 2.14. The Kier molecular flexibility index (Phi) is 2.95. The highest BCUT2D eigenvalue weighted by atomic mass is 79.9. The molecule has 4 heteroatoms. The van der Waals surface area contributed by atoms with Crippen molar-refractivity contribution in [1.82, 2.24) is 0 Å². The van der Waals surface area contributed by atoms with Gasteiger partial charge in [0.05, 0.1) is 0 Å². The highest BCUT2D eigenvalue weighted by Crippen LogP contribution is 2.27. The van der Waals surface area contributed by atoms with Crippen molar-refractivity contribution < 1.29 is 9.90 Å². The number of benzene rings is 1. The number of aromatic hydroxyl groups is 1. The summed E-state index contributed by atoms with van der Waals surface area (Å²) in [6.45, 7) is 0.730. The molecule has 0 aliphatic carbocycles. The van der Waals surface area contributed by atoms with E-state index in [9.17, 15) is 9.90 Å². The summed E-state index contributed by atoms with van der Waals surface area (Å²) in [5.41, 5.74) is 0.781. The Labute approximate surface area is 96.8 Å². The van der Waals surface area contributed by atoms with Gasteiger partial charge >= 0.3 is 0 Å². The zero-order valence-electron chi connectivity index (χ0n) is 8.19. The number of carbonyl (C=O) groups is 1. The molecule has 1 atom stereocenters. The zero-order valence-corrected chi connectivity index (χ0v) is 9.77. The van der Waals surface area contributed by atoms with E-state index >= 15 is 0 Å². The summed E-state index contributed by atoms with van der Waals surface area (Å²) in [7, 11) is 0. The van der Waals surface area contributed by atoms with E-state index in [4.69, 9.17) is 0 Å². The van der Waals surface area contributed by atoms with E-state index in [1.165, 1.54) is 0 Å². The second kappa shape index (κ2) is 4.23. The first-order valence-corrected chi connectivity index (χ1v) is 5.98. The van der Waals surface area contributed by atoms with Crippen molar-refractivity contribution >= 4 is 27.5 Å². The molecule has 0 spiro atoms. The third-order valence-corrected chi connectivity index (χ3v) is 3.48. The van der Waals surface area contributed by atoms with Gasteiger partial charge in [0.15, 0.2) is 0 Å². The Morgan fingerprint density at radius 2 is 2.33 bits per heavy atom. The summed E-state index contributed by atoms with van der Waals surface area (Å²) < 4.78 is 0. The molecule has 1 heterocycles.